The number of hydrogen-bond acceptors (Lipinski definition) is 4. The van der Waals surface area contributed by atoms with Gasteiger partial charge in [0.25, 0.3) is 0 Å². The van der Waals surface area contributed by atoms with Crippen molar-refractivity contribution in [2.75, 3.05) is 0 Å². The van der Waals surface area contributed by atoms with Crippen molar-refractivity contribution in [3.05, 3.63) is 45.7 Å². The quantitative estimate of drug-likeness (QED) is 0.847. The Morgan fingerprint density at radius 2 is 2.29 bits per heavy atom. The van der Waals surface area contributed by atoms with Crippen LogP contribution in [0.15, 0.2) is 23.6 Å². The predicted octanol–water partition coefficient (Wildman–Crippen LogP) is 3.68. The van der Waals surface area contributed by atoms with Gasteiger partial charge >= 0.3 is 0 Å². The van der Waals surface area contributed by atoms with Crippen LogP contribution in [0.4, 0.5) is 4.39 Å². The van der Waals surface area contributed by atoms with Gasteiger partial charge < -0.3 is 10.1 Å². The van der Waals surface area contributed by atoms with E-state index in [2.05, 4.69) is 17.2 Å². The van der Waals surface area contributed by atoms with Crippen molar-refractivity contribution in [2.24, 2.45) is 0 Å². The third-order valence-corrected chi connectivity index (χ3v) is 4.52. The molecule has 1 aromatic carbocycles. The number of nitrogens with zero attached hydrogens (tertiary/aromatic N) is 1. The largest absolute Gasteiger partial charge is 0.484 e. The molecular weight excluding hydrogens is 287 g/mol. The van der Waals surface area contributed by atoms with E-state index >= 15 is 0 Å². The first-order chi connectivity index (χ1) is 10.3. The van der Waals surface area contributed by atoms with Crippen LogP contribution in [0, 0.1) is 5.82 Å². The summed E-state index contributed by atoms with van der Waals surface area (Å²) in [7, 11) is 0. The number of nitrogens with one attached hydrogen (secondary N) is 1. The highest BCUT2D eigenvalue weighted by molar-refractivity contribution is 7.09. The normalized spacial score (nSPS) is 14.4. The van der Waals surface area contributed by atoms with Gasteiger partial charge in [-0.1, -0.05) is 19.1 Å². The highest BCUT2D eigenvalue weighted by Gasteiger charge is 2.21. The maximum atomic E-state index is 14.0. The monoisotopic (exact) mass is 306 g/mol. The van der Waals surface area contributed by atoms with Crippen molar-refractivity contribution in [3.63, 3.8) is 0 Å². The standard InChI is InChI=1S/C16H19FN2OS/c1-2-15-19-13(10-21-15)9-20-16-11(4-3-5-14(16)17)8-18-12-6-7-12/h3-5,10,12,18H,2,6-9H2,1H3. The summed E-state index contributed by atoms with van der Waals surface area (Å²) in [6, 6.07) is 5.66. The molecule has 1 aliphatic rings. The molecule has 21 heavy (non-hydrogen) atoms. The molecule has 1 heterocycles. The van der Waals surface area contributed by atoms with E-state index in [1.165, 1.54) is 18.9 Å². The Balaban J connectivity index is 1.67. The average molecular weight is 306 g/mol. The van der Waals surface area contributed by atoms with Gasteiger partial charge in [0.1, 0.15) is 6.61 Å². The lowest BCUT2D eigenvalue weighted by molar-refractivity contribution is 0.282. The fraction of sp³-hybridized carbons (Fsp3) is 0.438. The molecule has 1 saturated carbocycles. The number of aromatic nitrogens is 1. The van der Waals surface area contributed by atoms with Crippen LogP contribution in [0.25, 0.3) is 0 Å². The van der Waals surface area contributed by atoms with Crippen LogP contribution in [0.1, 0.15) is 36.0 Å². The van der Waals surface area contributed by atoms with Gasteiger partial charge in [0.15, 0.2) is 11.6 Å². The van der Waals surface area contributed by atoms with E-state index in [1.54, 1.807) is 17.4 Å². The summed E-state index contributed by atoms with van der Waals surface area (Å²) in [4.78, 5) is 4.44. The molecule has 0 spiro atoms. The number of thiazole rings is 1. The van der Waals surface area contributed by atoms with Gasteiger partial charge in [-0.15, -0.1) is 11.3 Å². The van der Waals surface area contributed by atoms with Crippen molar-refractivity contribution in [1.29, 1.82) is 0 Å². The summed E-state index contributed by atoms with van der Waals surface area (Å²) < 4.78 is 19.7. The molecule has 0 saturated heterocycles. The van der Waals surface area contributed by atoms with E-state index < -0.39 is 0 Å². The molecule has 1 aromatic heterocycles. The zero-order valence-corrected chi connectivity index (χ0v) is 12.9. The highest BCUT2D eigenvalue weighted by Crippen LogP contribution is 2.26. The second-order valence-corrected chi connectivity index (χ2v) is 6.20. The van der Waals surface area contributed by atoms with Gasteiger partial charge in [0.05, 0.1) is 10.7 Å². The van der Waals surface area contributed by atoms with Crippen molar-refractivity contribution < 1.29 is 9.13 Å². The topological polar surface area (TPSA) is 34.1 Å². The maximum absolute atomic E-state index is 14.0. The first kappa shape index (κ1) is 14.5. The predicted molar refractivity (Wildman–Crippen MR) is 82.1 cm³/mol. The Morgan fingerprint density at radius 1 is 1.43 bits per heavy atom. The molecule has 0 atom stereocenters. The van der Waals surface area contributed by atoms with Gasteiger partial charge in [-0.25, -0.2) is 9.37 Å². The Kier molecular flexibility index (Phi) is 4.51. The van der Waals surface area contributed by atoms with Crippen molar-refractivity contribution in [1.82, 2.24) is 10.3 Å². The number of benzene rings is 1. The molecule has 0 amide bonds. The third-order valence-electron chi connectivity index (χ3n) is 3.47. The van der Waals surface area contributed by atoms with Gasteiger partial charge in [-0.3, -0.25) is 0 Å². The Hall–Kier alpha value is -1.46. The van der Waals surface area contributed by atoms with Crippen LogP contribution in [0.5, 0.6) is 5.75 Å². The number of aryl methyl sites for hydroxylation is 1. The molecule has 2 aromatic rings. The maximum Gasteiger partial charge on any atom is 0.165 e. The molecular formula is C16H19FN2OS. The van der Waals surface area contributed by atoms with E-state index in [4.69, 9.17) is 4.74 Å². The summed E-state index contributed by atoms with van der Waals surface area (Å²) in [5.74, 6) is 0.0349. The molecule has 0 unspecified atom stereocenters. The number of halogens is 1. The summed E-state index contributed by atoms with van der Waals surface area (Å²) in [6.45, 7) is 3.03. The third kappa shape index (κ3) is 3.80. The Morgan fingerprint density at radius 3 is 3.00 bits per heavy atom. The molecule has 1 N–H and O–H groups in total. The zero-order valence-electron chi connectivity index (χ0n) is 12.1. The SMILES string of the molecule is CCc1nc(COc2c(F)cccc2CNC2CC2)cs1. The molecule has 0 aliphatic heterocycles. The molecule has 1 fully saturated rings. The molecule has 5 heteroatoms. The van der Waals surface area contributed by atoms with Gasteiger partial charge in [0, 0.05) is 23.5 Å². The van der Waals surface area contributed by atoms with E-state index in [1.807, 2.05) is 11.4 Å². The van der Waals surface area contributed by atoms with Crippen LogP contribution in [-0.2, 0) is 19.6 Å². The highest BCUT2D eigenvalue weighted by atomic mass is 32.1. The van der Waals surface area contributed by atoms with Crippen LogP contribution in [0.3, 0.4) is 0 Å². The molecule has 0 bridgehead atoms. The Bertz CT molecular complexity index is 610. The van der Waals surface area contributed by atoms with Crippen molar-refractivity contribution in [3.8, 4) is 5.75 Å². The summed E-state index contributed by atoms with van der Waals surface area (Å²) >= 11 is 1.62. The first-order valence-electron chi connectivity index (χ1n) is 7.33. The minimum atomic E-state index is -0.309. The van der Waals surface area contributed by atoms with E-state index in [-0.39, 0.29) is 5.82 Å². The lowest BCUT2D eigenvalue weighted by Gasteiger charge is -2.12. The molecule has 3 nitrogen and oxygen atoms in total. The second-order valence-electron chi connectivity index (χ2n) is 5.26. The average Bonchev–Trinajstić information content (AvgIpc) is 3.21. The minimum absolute atomic E-state index is 0.309. The van der Waals surface area contributed by atoms with Crippen molar-refractivity contribution >= 4 is 11.3 Å². The smallest absolute Gasteiger partial charge is 0.165 e. The van der Waals surface area contributed by atoms with Gasteiger partial charge in [-0.05, 0) is 25.3 Å². The van der Waals surface area contributed by atoms with E-state index in [9.17, 15) is 4.39 Å². The van der Waals surface area contributed by atoms with Crippen LogP contribution in [0.2, 0.25) is 0 Å². The number of hydrogen-bond donors (Lipinski definition) is 1. The lowest BCUT2D eigenvalue weighted by Crippen LogP contribution is -2.16. The van der Waals surface area contributed by atoms with Crippen LogP contribution >= 0.6 is 11.3 Å². The summed E-state index contributed by atoms with van der Waals surface area (Å²) in [5.41, 5.74) is 1.73. The first-order valence-corrected chi connectivity index (χ1v) is 8.21. The van der Waals surface area contributed by atoms with E-state index in [0.29, 0.717) is 24.9 Å². The molecule has 1 aliphatic carbocycles. The summed E-state index contributed by atoms with van der Waals surface area (Å²) in [6.07, 6.45) is 3.34. The van der Waals surface area contributed by atoms with Crippen molar-refractivity contribution in [2.45, 2.75) is 45.4 Å². The molecule has 3 rings (SSSR count). The summed E-state index contributed by atoms with van der Waals surface area (Å²) in [5, 5.41) is 6.45. The minimum Gasteiger partial charge on any atom is -0.484 e. The number of rotatable bonds is 7. The fourth-order valence-corrected chi connectivity index (χ4v) is 2.85. The fourth-order valence-electron chi connectivity index (χ4n) is 2.12. The lowest BCUT2D eigenvalue weighted by atomic mass is 10.2. The molecule has 0 radical (unpaired) electrons. The van der Waals surface area contributed by atoms with Gasteiger partial charge in [-0.2, -0.15) is 0 Å². The molecule has 112 valence electrons. The van der Waals surface area contributed by atoms with Gasteiger partial charge in [0.2, 0.25) is 0 Å². The van der Waals surface area contributed by atoms with Crippen LogP contribution in [-0.4, -0.2) is 11.0 Å². The van der Waals surface area contributed by atoms with Crippen LogP contribution < -0.4 is 10.1 Å². The number of para-hydroxylation sites is 1. The second kappa shape index (κ2) is 6.54. The Labute approximate surface area is 128 Å². The van der Waals surface area contributed by atoms with E-state index in [0.717, 1.165) is 22.7 Å². The zero-order chi connectivity index (χ0) is 14.7. The number of ether oxygens (including phenoxy) is 1.